The van der Waals surface area contributed by atoms with E-state index in [2.05, 4.69) is 133 Å². The first kappa shape index (κ1) is 22.6. The molecule has 0 heteroatoms. The lowest BCUT2D eigenvalue weighted by Gasteiger charge is -2.36. The summed E-state index contributed by atoms with van der Waals surface area (Å²) in [6, 6.07) is 17.7. The second-order valence-electron chi connectivity index (χ2n) is 8.87. The molecule has 158 valence electrons. The van der Waals surface area contributed by atoms with Crippen LogP contribution in [0, 0.1) is 0 Å². The van der Waals surface area contributed by atoms with E-state index in [1.165, 1.54) is 44.5 Å². The van der Waals surface area contributed by atoms with Gasteiger partial charge in [-0.25, -0.2) is 0 Å². The molecule has 1 aliphatic carbocycles. The Morgan fingerprint density at radius 2 is 1.26 bits per heavy atom. The van der Waals surface area contributed by atoms with Crippen LogP contribution in [0.3, 0.4) is 0 Å². The maximum absolute atomic E-state index is 4.23. The van der Waals surface area contributed by atoms with Gasteiger partial charge < -0.3 is 0 Å². The molecule has 0 saturated heterocycles. The van der Waals surface area contributed by atoms with Crippen LogP contribution in [0.15, 0.2) is 119 Å². The van der Waals surface area contributed by atoms with E-state index < -0.39 is 5.41 Å². The highest BCUT2D eigenvalue weighted by Crippen LogP contribution is 2.57. The summed E-state index contributed by atoms with van der Waals surface area (Å²) in [6.07, 6.45) is 13.5. The molecule has 3 rings (SSSR count). The lowest BCUT2D eigenvalue weighted by Crippen LogP contribution is -2.30. The Morgan fingerprint density at radius 3 is 1.71 bits per heavy atom. The standard InChI is InChI=1S/C31H34/c1-8-13-25(20-23(4)5)31(26(21-24(6)7)19-18-22(2)3)29-16-11-9-14-27(29)28-15-10-12-17-30(28)31/h8-21H,4H2,1-3,5-7H3/b13-8-,25-20+,26-19+. The highest BCUT2D eigenvalue weighted by Gasteiger charge is 2.46. The summed E-state index contributed by atoms with van der Waals surface area (Å²) in [5.74, 6) is 0. The molecule has 0 heterocycles. The normalized spacial score (nSPS) is 14.8. The van der Waals surface area contributed by atoms with Gasteiger partial charge in [-0.15, -0.1) is 0 Å². The maximum Gasteiger partial charge on any atom is 0.0713 e. The topological polar surface area (TPSA) is 0 Å². The SMILES string of the molecule is C=C(C)/C=C(\C=C/C)C1(/C(C=C(C)C)=C/C=C(C)C)c2ccccc2-c2ccccc21. The van der Waals surface area contributed by atoms with Crippen LogP contribution in [0.2, 0.25) is 0 Å². The van der Waals surface area contributed by atoms with E-state index in [0.717, 1.165) is 5.57 Å². The molecule has 0 aromatic heterocycles. The number of benzene rings is 2. The molecule has 31 heavy (non-hydrogen) atoms. The molecule has 0 aliphatic heterocycles. The van der Waals surface area contributed by atoms with Gasteiger partial charge in [0.05, 0.1) is 5.41 Å². The Kier molecular flexibility index (Phi) is 6.81. The van der Waals surface area contributed by atoms with Crippen molar-refractivity contribution in [3.05, 3.63) is 131 Å². The molecule has 0 amide bonds. The lowest BCUT2D eigenvalue weighted by atomic mass is 9.65. The average Bonchev–Trinajstić information content (AvgIpc) is 3.02. The molecular weight excluding hydrogens is 372 g/mol. The predicted octanol–water partition coefficient (Wildman–Crippen LogP) is 8.89. The van der Waals surface area contributed by atoms with Crippen LogP contribution >= 0.6 is 0 Å². The maximum atomic E-state index is 4.23. The first-order chi connectivity index (χ1) is 14.8. The van der Waals surface area contributed by atoms with Gasteiger partial charge >= 0.3 is 0 Å². The summed E-state index contributed by atoms with van der Waals surface area (Å²) < 4.78 is 0. The van der Waals surface area contributed by atoms with Crippen LogP contribution in [0.25, 0.3) is 11.1 Å². The zero-order valence-electron chi connectivity index (χ0n) is 19.8. The molecule has 0 atom stereocenters. The van der Waals surface area contributed by atoms with Gasteiger partial charge in [0.1, 0.15) is 0 Å². The molecule has 0 unspecified atom stereocenters. The van der Waals surface area contributed by atoms with E-state index in [1.54, 1.807) is 0 Å². The number of fused-ring (bicyclic) bond motifs is 3. The Labute approximate surface area is 188 Å². The van der Waals surface area contributed by atoms with Crippen molar-refractivity contribution < 1.29 is 0 Å². The third-order valence-electron chi connectivity index (χ3n) is 5.61. The van der Waals surface area contributed by atoms with Crippen LogP contribution in [0.1, 0.15) is 52.7 Å². The second-order valence-corrected chi connectivity index (χ2v) is 8.87. The summed E-state index contributed by atoms with van der Waals surface area (Å²) in [6.45, 7) is 17.0. The van der Waals surface area contributed by atoms with Gasteiger partial charge in [0.25, 0.3) is 0 Å². The number of hydrogen-bond acceptors (Lipinski definition) is 0. The zero-order valence-corrected chi connectivity index (χ0v) is 19.8. The first-order valence-electron chi connectivity index (χ1n) is 11.0. The third-order valence-corrected chi connectivity index (χ3v) is 5.61. The highest BCUT2D eigenvalue weighted by atomic mass is 14.5. The largest absolute Gasteiger partial charge is 0.0961 e. The van der Waals surface area contributed by atoms with Crippen LogP contribution in [0.4, 0.5) is 0 Å². The summed E-state index contributed by atoms with van der Waals surface area (Å²) >= 11 is 0. The van der Waals surface area contributed by atoms with Crippen molar-refractivity contribution in [3.63, 3.8) is 0 Å². The van der Waals surface area contributed by atoms with E-state index in [9.17, 15) is 0 Å². The zero-order chi connectivity index (χ0) is 22.6. The molecular formula is C31H34. The fourth-order valence-corrected chi connectivity index (χ4v) is 4.60. The Balaban J connectivity index is 2.59. The first-order valence-corrected chi connectivity index (χ1v) is 11.0. The monoisotopic (exact) mass is 406 g/mol. The number of hydrogen-bond donors (Lipinski definition) is 0. The van der Waals surface area contributed by atoms with Crippen molar-refractivity contribution in [2.75, 3.05) is 0 Å². The van der Waals surface area contributed by atoms with Crippen molar-refractivity contribution in [1.82, 2.24) is 0 Å². The van der Waals surface area contributed by atoms with Crippen molar-refractivity contribution in [2.45, 2.75) is 47.0 Å². The van der Waals surface area contributed by atoms with Gasteiger partial charge in [-0.3, -0.25) is 0 Å². The molecule has 2 aromatic rings. The summed E-state index contributed by atoms with van der Waals surface area (Å²) in [7, 11) is 0. The second kappa shape index (κ2) is 9.35. The summed E-state index contributed by atoms with van der Waals surface area (Å²) in [5.41, 5.74) is 11.0. The molecule has 0 N–H and O–H groups in total. The Morgan fingerprint density at radius 1 is 0.710 bits per heavy atom. The molecule has 0 nitrogen and oxygen atoms in total. The van der Waals surface area contributed by atoms with E-state index in [-0.39, 0.29) is 0 Å². The number of rotatable bonds is 6. The molecule has 0 fully saturated rings. The van der Waals surface area contributed by atoms with Crippen molar-refractivity contribution in [3.8, 4) is 11.1 Å². The van der Waals surface area contributed by atoms with Crippen LogP contribution in [-0.4, -0.2) is 0 Å². The Hall–Kier alpha value is -3.12. The smallest absolute Gasteiger partial charge is 0.0713 e. The fraction of sp³-hybridized carbons (Fsp3) is 0.226. The molecule has 0 radical (unpaired) electrons. The van der Waals surface area contributed by atoms with Crippen LogP contribution < -0.4 is 0 Å². The van der Waals surface area contributed by atoms with Gasteiger partial charge in [0.2, 0.25) is 0 Å². The van der Waals surface area contributed by atoms with Crippen molar-refractivity contribution >= 4 is 0 Å². The minimum absolute atomic E-state index is 0.401. The van der Waals surface area contributed by atoms with Gasteiger partial charge in [-0.2, -0.15) is 0 Å². The van der Waals surface area contributed by atoms with Crippen molar-refractivity contribution in [2.24, 2.45) is 0 Å². The van der Waals surface area contributed by atoms with Crippen molar-refractivity contribution in [1.29, 1.82) is 0 Å². The Bertz CT molecular complexity index is 1090. The lowest BCUT2D eigenvalue weighted by molar-refractivity contribution is 0.762. The summed E-state index contributed by atoms with van der Waals surface area (Å²) in [5, 5.41) is 0. The minimum atomic E-state index is -0.401. The molecule has 1 aliphatic rings. The summed E-state index contributed by atoms with van der Waals surface area (Å²) in [4.78, 5) is 0. The highest BCUT2D eigenvalue weighted by molar-refractivity contribution is 5.87. The third kappa shape index (κ3) is 4.21. The molecule has 0 spiro atoms. The van der Waals surface area contributed by atoms with Gasteiger partial charge in [-0.1, -0.05) is 108 Å². The molecule has 2 aromatic carbocycles. The van der Waals surface area contributed by atoms with E-state index in [1.807, 2.05) is 0 Å². The van der Waals surface area contributed by atoms with Crippen LogP contribution in [0.5, 0.6) is 0 Å². The molecule has 0 bridgehead atoms. The number of allylic oxidation sites excluding steroid dienone is 11. The van der Waals surface area contributed by atoms with E-state index >= 15 is 0 Å². The van der Waals surface area contributed by atoms with Gasteiger partial charge in [0.15, 0.2) is 0 Å². The van der Waals surface area contributed by atoms with Crippen LogP contribution in [-0.2, 0) is 5.41 Å². The van der Waals surface area contributed by atoms with Gasteiger partial charge in [0, 0.05) is 0 Å². The van der Waals surface area contributed by atoms with E-state index in [0.29, 0.717) is 0 Å². The van der Waals surface area contributed by atoms with Gasteiger partial charge in [-0.05, 0) is 74.9 Å². The average molecular weight is 407 g/mol. The van der Waals surface area contributed by atoms with E-state index in [4.69, 9.17) is 0 Å². The quantitative estimate of drug-likeness (QED) is 0.420. The fourth-order valence-electron chi connectivity index (χ4n) is 4.60. The minimum Gasteiger partial charge on any atom is -0.0961 e. The predicted molar refractivity (Wildman–Crippen MR) is 137 cm³/mol. The molecule has 0 saturated carbocycles.